The molecule has 0 saturated heterocycles. The minimum Gasteiger partial charge on any atom is -0.383 e. The lowest BCUT2D eigenvalue weighted by molar-refractivity contribution is 0.768. The standard InChI is InChI=1S/C10H10N6S/c1-16-4-6(2-13-16)8-5-17-10(14-8)7-3-12-15-9(7)11/h2-5H,1H3,(H3,11,12,15). The molecule has 3 N–H and O–H groups in total. The number of nitrogens with one attached hydrogen (secondary N) is 1. The fraction of sp³-hybridized carbons (Fsp3) is 0.100. The van der Waals surface area contributed by atoms with Crippen molar-refractivity contribution in [3.05, 3.63) is 24.0 Å². The molecule has 7 heteroatoms. The third kappa shape index (κ3) is 1.70. The van der Waals surface area contributed by atoms with Crippen LogP contribution in [0.15, 0.2) is 24.0 Å². The Kier molecular flexibility index (Phi) is 2.19. The van der Waals surface area contributed by atoms with Crippen molar-refractivity contribution in [2.45, 2.75) is 0 Å². The quantitative estimate of drug-likeness (QED) is 0.717. The molecule has 0 atom stereocenters. The van der Waals surface area contributed by atoms with Crippen molar-refractivity contribution in [2.24, 2.45) is 7.05 Å². The molecule has 0 aliphatic heterocycles. The Morgan fingerprint density at radius 2 is 2.29 bits per heavy atom. The first-order valence-electron chi connectivity index (χ1n) is 4.98. The number of aromatic amines is 1. The van der Waals surface area contributed by atoms with Gasteiger partial charge in [0.2, 0.25) is 0 Å². The van der Waals surface area contributed by atoms with Gasteiger partial charge in [-0.05, 0) is 0 Å². The Balaban J connectivity index is 2.01. The van der Waals surface area contributed by atoms with Gasteiger partial charge in [-0.3, -0.25) is 9.78 Å². The minimum absolute atomic E-state index is 0.539. The molecule has 3 aromatic rings. The molecule has 0 aromatic carbocycles. The summed E-state index contributed by atoms with van der Waals surface area (Å²) >= 11 is 1.54. The average Bonchev–Trinajstić information content (AvgIpc) is 2.97. The molecule has 0 fully saturated rings. The van der Waals surface area contributed by atoms with Crippen LogP contribution in [0.25, 0.3) is 21.8 Å². The first kappa shape index (κ1) is 10.0. The molecule has 0 aliphatic carbocycles. The van der Waals surface area contributed by atoms with Gasteiger partial charge in [0.1, 0.15) is 10.8 Å². The number of rotatable bonds is 2. The number of hydrogen-bond acceptors (Lipinski definition) is 5. The molecular formula is C10H10N6S. The molecule has 86 valence electrons. The molecule has 6 nitrogen and oxygen atoms in total. The third-order valence-corrected chi connectivity index (χ3v) is 3.28. The molecule has 17 heavy (non-hydrogen) atoms. The summed E-state index contributed by atoms with van der Waals surface area (Å²) in [5.74, 6) is 0.539. The lowest BCUT2D eigenvalue weighted by Gasteiger charge is -1.91. The molecule has 0 unspecified atom stereocenters. The zero-order chi connectivity index (χ0) is 11.8. The number of nitrogens with zero attached hydrogens (tertiary/aromatic N) is 4. The maximum Gasteiger partial charge on any atom is 0.129 e. The van der Waals surface area contributed by atoms with E-state index in [0.29, 0.717) is 5.82 Å². The van der Waals surface area contributed by atoms with Crippen molar-refractivity contribution >= 4 is 17.2 Å². The van der Waals surface area contributed by atoms with E-state index in [0.717, 1.165) is 21.8 Å². The van der Waals surface area contributed by atoms with Crippen LogP contribution in [0, 0.1) is 0 Å². The topological polar surface area (TPSA) is 85.4 Å². The Bertz CT molecular complexity index is 649. The van der Waals surface area contributed by atoms with E-state index < -0.39 is 0 Å². The summed E-state index contributed by atoms with van der Waals surface area (Å²) in [5, 5.41) is 13.5. The summed E-state index contributed by atoms with van der Waals surface area (Å²) in [4.78, 5) is 4.52. The molecule has 3 heterocycles. The number of aromatic nitrogens is 5. The highest BCUT2D eigenvalue weighted by Crippen LogP contribution is 2.30. The highest BCUT2D eigenvalue weighted by Gasteiger charge is 2.11. The van der Waals surface area contributed by atoms with Crippen LogP contribution in [0.5, 0.6) is 0 Å². The first-order valence-corrected chi connectivity index (χ1v) is 5.86. The zero-order valence-electron chi connectivity index (χ0n) is 9.08. The second-order valence-corrected chi connectivity index (χ2v) is 4.50. The second-order valence-electron chi connectivity index (χ2n) is 3.64. The molecule has 3 aromatic heterocycles. The summed E-state index contributed by atoms with van der Waals surface area (Å²) in [7, 11) is 1.88. The average molecular weight is 246 g/mol. The Labute approximate surface area is 101 Å². The van der Waals surface area contributed by atoms with E-state index in [-0.39, 0.29) is 0 Å². The predicted octanol–water partition coefficient (Wildman–Crippen LogP) is 1.52. The van der Waals surface area contributed by atoms with Crippen molar-refractivity contribution < 1.29 is 0 Å². The monoisotopic (exact) mass is 246 g/mol. The molecule has 0 spiro atoms. The fourth-order valence-corrected chi connectivity index (χ4v) is 2.40. The highest BCUT2D eigenvalue weighted by atomic mass is 32.1. The van der Waals surface area contributed by atoms with Gasteiger partial charge in [0, 0.05) is 24.2 Å². The van der Waals surface area contributed by atoms with E-state index in [1.54, 1.807) is 17.1 Å². The first-order chi connectivity index (χ1) is 8.24. The maximum atomic E-state index is 5.76. The Morgan fingerprint density at radius 1 is 1.41 bits per heavy atom. The molecule has 0 amide bonds. The molecule has 0 saturated carbocycles. The van der Waals surface area contributed by atoms with Gasteiger partial charge in [0.15, 0.2) is 0 Å². The molecular weight excluding hydrogens is 236 g/mol. The SMILES string of the molecule is Cn1cc(-c2csc(-c3cn[nH]c3N)n2)cn1. The number of aryl methyl sites for hydroxylation is 1. The van der Waals surface area contributed by atoms with Crippen LogP contribution in [-0.2, 0) is 7.05 Å². The summed E-state index contributed by atoms with van der Waals surface area (Å²) < 4.78 is 1.75. The van der Waals surface area contributed by atoms with Gasteiger partial charge in [-0.15, -0.1) is 11.3 Å². The minimum atomic E-state index is 0.539. The number of nitrogen functional groups attached to an aromatic ring is 1. The van der Waals surface area contributed by atoms with Crippen molar-refractivity contribution in [1.82, 2.24) is 25.0 Å². The van der Waals surface area contributed by atoms with Gasteiger partial charge in [-0.1, -0.05) is 0 Å². The van der Waals surface area contributed by atoms with Crippen molar-refractivity contribution in [3.8, 4) is 21.8 Å². The van der Waals surface area contributed by atoms with Crippen molar-refractivity contribution in [3.63, 3.8) is 0 Å². The van der Waals surface area contributed by atoms with Crippen LogP contribution >= 0.6 is 11.3 Å². The van der Waals surface area contributed by atoms with E-state index in [4.69, 9.17) is 5.73 Å². The normalized spacial score (nSPS) is 10.9. The number of anilines is 1. The summed E-state index contributed by atoms with van der Waals surface area (Å²) in [5.41, 5.74) is 8.49. The van der Waals surface area contributed by atoms with Gasteiger partial charge < -0.3 is 5.73 Å². The zero-order valence-corrected chi connectivity index (χ0v) is 9.90. The molecule has 0 aliphatic rings. The van der Waals surface area contributed by atoms with Crippen LogP contribution in [0.3, 0.4) is 0 Å². The molecule has 0 radical (unpaired) electrons. The van der Waals surface area contributed by atoms with Crippen molar-refractivity contribution in [2.75, 3.05) is 5.73 Å². The Morgan fingerprint density at radius 3 is 2.94 bits per heavy atom. The van der Waals surface area contributed by atoms with Crippen molar-refractivity contribution in [1.29, 1.82) is 0 Å². The fourth-order valence-electron chi connectivity index (χ4n) is 1.55. The van der Waals surface area contributed by atoms with Crippen LogP contribution in [0.1, 0.15) is 0 Å². The van der Waals surface area contributed by atoms with E-state index in [1.165, 1.54) is 11.3 Å². The van der Waals surface area contributed by atoms with Gasteiger partial charge in [0.25, 0.3) is 0 Å². The lowest BCUT2D eigenvalue weighted by atomic mass is 10.3. The largest absolute Gasteiger partial charge is 0.383 e. The van der Waals surface area contributed by atoms with Gasteiger partial charge in [0.05, 0.1) is 23.7 Å². The van der Waals surface area contributed by atoms with Crippen LogP contribution in [0.2, 0.25) is 0 Å². The van der Waals surface area contributed by atoms with Crippen LogP contribution in [0.4, 0.5) is 5.82 Å². The summed E-state index contributed by atoms with van der Waals surface area (Å²) in [6.07, 6.45) is 5.40. The van der Waals surface area contributed by atoms with Crippen LogP contribution < -0.4 is 5.73 Å². The van der Waals surface area contributed by atoms with Gasteiger partial charge >= 0.3 is 0 Å². The Hall–Kier alpha value is -2.15. The second kappa shape index (κ2) is 3.70. The van der Waals surface area contributed by atoms with E-state index in [1.807, 2.05) is 18.6 Å². The molecule has 3 rings (SSSR count). The smallest absolute Gasteiger partial charge is 0.129 e. The highest BCUT2D eigenvalue weighted by molar-refractivity contribution is 7.13. The summed E-state index contributed by atoms with van der Waals surface area (Å²) in [6.45, 7) is 0. The number of nitrogens with two attached hydrogens (primary N) is 1. The van der Waals surface area contributed by atoms with E-state index in [9.17, 15) is 0 Å². The number of H-pyrrole nitrogens is 1. The van der Waals surface area contributed by atoms with Crippen LogP contribution in [-0.4, -0.2) is 25.0 Å². The number of thiazole rings is 1. The molecule has 0 bridgehead atoms. The lowest BCUT2D eigenvalue weighted by Crippen LogP contribution is -1.87. The van der Waals surface area contributed by atoms with E-state index in [2.05, 4.69) is 20.3 Å². The number of hydrogen-bond donors (Lipinski definition) is 2. The van der Waals surface area contributed by atoms with Gasteiger partial charge in [-0.2, -0.15) is 10.2 Å². The maximum absolute atomic E-state index is 5.76. The summed E-state index contributed by atoms with van der Waals surface area (Å²) in [6, 6.07) is 0. The predicted molar refractivity (Wildman–Crippen MR) is 66.3 cm³/mol. The van der Waals surface area contributed by atoms with E-state index >= 15 is 0 Å². The van der Waals surface area contributed by atoms with Gasteiger partial charge in [-0.25, -0.2) is 4.98 Å². The third-order valence-electron chi connectivity index (χ3n) is 2.40.